The number of rotatable bonds is 4. The van der Waals surface area contributed by atoms with Crippen LogP contribution >= 0.6 is 11.6 Å². The average Bonchev–Trinajstić information content (AvgIpc) is 3.08. The zero-order chi connectivity index (χ0) is 26.5. The Hall–Kier alpha value is -4.13. The predicted molar refractivity (Wildman–Crippen MR) is 139 cm³/mol. The lowest BCUT2D eigenvalue weighted by atomic mass is 9.64. The lowest BCUT2D eigenvalue weighted by molar-refractivity contribution is -0.125. The number of para-hydroxylation sites is 1. The molecule has 2 amide bonds. The Balaban J connectivity index is 1.67. The highest BCUT2D eigenvalue weighted by Crippen LogP contribution is 2.56. The summed E-state index contributed by atoms with van der Waals surface area (Å²) >= 11 is 6.04. The number of hydrazine groups is 1. The molecule has 37 heavy (non-hydrogen) atoms. The molecule has 188 valence electrons. The van der Waals surface area contributed by atoms with Crippen LogP contribution in [0.25, 0.3) is 0 Å². The van der Waals surface area contributed by atoms with Gasteiger partial charge >= 0.3 is 0 Å². The second-order valence-electron chi connectivity index (χ2n) is 9.35. The number of nitrogens with two attached hydrogens (primary N) is 1. The van der Waals surface area contributed by atoms with Crippen molar-refractivity contribution in [2.45, 2.75) is 24.7 Å². The summed E-state index contributed by atoms with van der Waals surface area (Å²) in [5.74, 6) is -1.11. The number of benzene rings is 2. The Morgan fingerprint density at radius 1 is 1.19 bits per heavy atom. The van der Waals surface area contributed by atoms with Gasteiger partial charge in [-0.15, -0.1) is 0 Å². The summed E-state index contributed by atoms with van der Waals surface area (Å²) in [6, 6.07) is 15.8. The van der Waals surface area contributed by atoms with E-state index in [1.165, 1.54) is 4.90 Å². The van der Waals surface area contributed by atoms with Gasteiger partial charge in [0.15, 0.2) is 5.78 Å². The second kappa shape index (κ2) is 9.07. The molecule has 0 saturated carbocycles. The number of carbonyl (C=O) groups is 3. The topological polar surface area (TPSA) is 123 Å². The molecule has 0 bridgehead atoms. The van der Waals surface area contributed by atoms with Crippen molar-refractivity contribution in [3.05, 3.63) is 81.8 Å². The zero-order valence-electron chi connectivity index (χ0n) is 20.4. The van der Waals surface area contributed by atoms with Gasteiger partial charge in [0.25, 0.3) is 0 Å². The van der Waals surface area contributed by atoms with Gasteiger partial charge < -0.3 is 16.0 Å². The Kier molecular flexibility index (Phi) is 6.02. The highest BCUT2D eigenvalue weighted by atomic mass is 35.5. The normalized spacial score (nSPS) is 20.9. The van der Waals surface area contributed by atoms with Gasteiger partial charge in [0.1, 0.15) is 23.8 Å². The van der Waals surface area contributed by atoms with Gasteiger partial charge in [-0.1, -0.05) is 35.9 Å². The molecule has 0 unspecified atom stereocenters. The van der Waals surface area contributed by atoms with Crippen molar-refractivity contribution in [1.29, 1.82) is 5.26 Å². The summed E-state index contributed by atoms with van der Waals surface area (Å²) in [6.07, 6.45) is 1.38. The van der Waals surface area contributed by atoms with Gasteiger partial charge in [-0.2, -0.15) is 5.26 Å². The molecule has 1 aliphatic carbocycles. The van der Waals surface area contributed by atoms with Crippen LogP contribution in [0.4, 0.5) is 11.4 Å². The van der Waals surface area contributed by atoms with Crippen molar-refractivity contribution in [2.75, 3.05) is 30.9 Å². The van der Waals surface area contributed by atoms with Gasteiger partial charge in [-0.3, -0.25) is 19.4 Å². The first-order chi connectivity index (χ1) is 17.7. The third kappa shape index (κ3) is 3.60. The molecule has 2 aromatic carbocycles. The van der Waals surface area contributed by atoms with Crippen molar-refractivity contribution < 1.29 is 14.4 Å². The van der Waals surface area contributed by atoms with Crippen molar-refractivity contribution in [3.8, 4) is 6.07 Å². The first kappa shape index (κ1) is 24.6. The highest BCUT2D eigenvalue weighted by Gasteiger charge is 2.62. The molecule has 0 fully saturated rings. The first-order valence-corrected chi connectivity index (χ1v) is 12.2. The average molecular weight is 517 g/mol. The molecule has 0 saturated heterocycles. The Morgan fingerprint density at radius 2 is 1.95 bits per heavy atom. The standard InChI is InChI=1S/C27H25ClN6O3/c1-32(2)34-21-11-6-12-22(35)24(21)27(19(14-29)25(34)30)18-9-3-4-10-20(18)33(26(27)37)15-23(36)31-17-8-5-7-16(28)13-17/h3-5,7-10,13H,6,11-12,15,30H2,1-2H3,(H,31,36)/t27-/m1/s1. The lowest BCUT2D eigenvalue weighted by Gasteiger charge is -2.45. The van der Waals surface area contributed by atoms with E-state index in [0.717, 1.165) is 0 Å². The molecule has 1 atom stereocenters. The van der Waals surface area contributed by atoms with E-state index >= 15 is 0 Å². The number of carbonyl (C=O) groups excluding carboxylic acids is 3. The van der Waals surface area contributed by atoms with Crippen molar-refractivity contribution in [3.63, 3.8) is 0 Å². The van der Waals surface area contributed by atoms with E-state index in [-0.39, 0.29) is 35.7 Å². The molecule has 9 nitrogen and oxygen atoms in total. The van der Waals surface area contributed by atoms with Crippen LogP contribution in [0.5, 0.6) is 0 Å². The molecule has 10 heteroatoms. The fourth-order valence-electron chi connectivity index (χ4n) is 5.63. The number of nitrogens with one attached hydrogen (secondary N) is 1. The van der Waals surface area contributed by atoms with Crippen LogP contribution in [0.3, 0.4) is 0 Å². The van der Waals surface area contributed by atoms with E-state index in [1.54, 1.807) is 72.6 Å². The third-order valence-electron chi connectivity index (χ3n) is 6.96. The summed E-state index contributed by atoms with van der Waals surface area (Å²) in [7, 11) is 3.53. The van der Waals surface area contributed by atoms with Crippen molar-refractivity contribution >= 4 is 40.6 Å². The van der Waals surface area contributed by atoms with Gasteiger partial charge in [0.2, 0.25) is 11.8 Å². The molecule has 0 aromatic heterocycles. The largest absolute Gasteiger partial charge is 0.383 e. The van der Waals surface area contributed by atoms with Crippen LogP contribution in [0, 0.1) is 11.3 Å². The van der Waals surface area contributed by atoms with Crippen LogP contribution in [-0.4, -0.2) is 48.3 Å². The number of fused-ring (bicyclic) bond motifs is 3. The minimum atomic E-state index is -1.72. The summed E-state index contributed by atoms with van der Waals surface area (Å²) in [5, 5.41) is 16.9. The fourth-order valence-corrected chi connectivity index (χ4v) is 5.83. The van der Waals surface area contributed by atoms with Gasteiger partial charge in [-0.25, -0.2) is 5.01 Å². The Bertz CT molecular complexity index is 1460. The van der Waals surface area contributed by atoms with Crippen molar-refractivity contribution in [2.24, 2.45) is 5.73 Å². The molecule has 0 radical (unpaired) electrons. The SMILES string of the molecule is CN(C)N1C(N)=C(C#N)[C@@]2(C(=O)N(CC(=O)Nc3cccc(Cl)c3)c3ccccc32)C2=C1CCCC2=O. The number of nitrogens with zero attached hydrogens (tertiary/aromatic N) is 4. The highest BCUT2D eigenvalue weighted by molar-refractivity contribution is 6.31. The first-order valence-electron chi connectivity index (χ1n) is 11.8. The number of Topliss-reactive ketones (excluding diaryl/α,β-unsaturated/α-hetero) is 1. The van der Waals surface area contributed by atoms with E-state index in [4.69, 9.17) is 17.3 Å². The molecule has 5 rings (SSSR count). The van der Waals surface area contributed by atoms with E-state index in [9.17, 15) is 19.6 Å². The summed E-state index contributed by atoms with van der Waals surface area (Å²) < 4.78 is 0. The monoisotopic (exact) mass is 516 g/mol. The van der Waals surface area contributed by atoms with Crippen LogP contribution in [0.2, 0.25) is 5.02 Å². The number of hydrogen-bond acceptors (Lipinski definition) is 7. The summed E-state index contributed by atoms with van der Waals surface area (Å²) in [5.41, 5.74) is 7.09. The van der Waals surface area contributed by atoms with E-state index in [0.29, 0.717) is 40.5 Å². The molecule has 1 spiro atoms. The second-order valence-corrected chi connectivity index (χ2v) is 9.78. The maximum absolute atomic E-state index is 14.4. The maximum atomic E-state index is 14.4. The molecular formula is C27H25ClN6O3. The van der Waals surface area contributed by atoms with E-state index in [1.807, 2.05) is 0 Å². The summed E-state index contributed by atoms with van der Waals surface area (Å²) in [4.78, 5) is 42.4. The number of allylic oxidation sites excluding steroid dienone is 1. The Labute approximate surface area is 219 Å². The number of amides is 2. The fraction of sp³-hybridized carbons (Fsp3) is 0.259. The van der Waals surface area contributed by atoms with Crippen molar-refractivity contribution in [1.82, 2.24) is 10.0 Å². The molecule has 2 heterocycles. The lowest BCUT2D eigenvalue weighted by Crippen LogP contribution is -2.55. The Morgan fingerprint density at radius 3 is 2.65 bits per heavy atom. The molecule has 3 N–H and O–H groups in total. The molecule has 2 aliphatic heterocycles. The van der Waals surface area contributed by atoms with Gasteiger partial charge in [0.05, 0.1) is 5.57 Å². The van der Waals surface area contributed by atoms with Crippen LogP contribution in [-0.2, 0) is 19.8 Å². The van der Waals surface area contributed by atoms with Gasteiger partial charge in [-0.05, 0) is 37.1 Å². The maximum Gasteiger partial charge on any atom is 0.248 e. The summed E-state index contributed by atoms with van der Waals surface area (Å²) in [6.45, 7) is -0.322. The van der Waals surface area contributed by atoms with E-state index in [2.05, 4.69) is 11.4 Å². The predicted octanol–water partition coefficient (Wildman–Crippen LogP) is 3.06. The number of ketones is 1. The van der Waals surface area contributed by atoms with E-state index < -0.39 is 17.2 Å². The number of hydrogen-bond donors (Lipinski definition) is 2. The van der Waals surface area contributed by atoms with Crippen LogP contribution in [0.1, 0.15) is 24.8 Å². The molecule has 2 aromatic rings. The molecule has 3 aliphatic rings. The zero-order valence-corrected chi connectivity index (χ0v) is 21.2. The van der Waals surface area contributed by atoms with Crippen LogP contribution < -0.4 is 16.0 Å². The molecular weight excluding hydrogens is 492 g/mol. The minimum absolute atomic E-state index is 0.0228. The minimum Gasteiger partial charge on any atom is -0.383 e. The third-order valence-corrected chi connectivity index (χ3v) is 7.20. The number of halogens is 1. The number of anilines is 2. The smallest absolute Gasteiger partial charge is 0.248 e. The van der Waals surface area contributed by atoms with Gasteiger partial charge in [0, 0.05) is 53.7 Å². The number of nitriles is 1. The quantitative estimate of drug-likeness (QED) is 0.640. The van der Waals surface area contributed by atoms with Crippen LogP contribution in [0.15, 0.2) is 71.2 Å².